The van der Waals surface area contributed by atoms with Crippen LogP contribution in [0.1, 0.15) is 5.56 Å². The first kappa shape index (κ1) is 17.9. The van der Waals surface area contributed by atoms with Gasteiger partial charge < -0.3 is 14.8 Å². The minimum Gasteiger partial charge on any atom is -0.495 e. The Kier molecular flexibility index (Phi) is 5.56. The standard InChI is InChI=1S/C16H13ClF3NO3/c1-23-14-7-6-10(17)8-12(14)21-15(22)9-24-13-5-3-2-4-11(13)16(18,19)20/h2-8H,9H2,1H3,(H,21,22). The van der Waals surface area contributed by atoms with Gasteiger partial charge in [-0.1, -0.05) is 23.7 Å². The van der Waals surface area contributed by atoms with Crippen molar-refractivity contribution in [1.82, 2.24) is 0 Å². The Labute approximate surface area is 141 Å². The van der Waals surface area contributed by atoms with Crippen molar-refractivity contribution in [3.63, 3.8) is 0 Å². The first-order chi connectivity index (χ1) is 11.3. The second-order valence-electron chi connectivity index (χ2n) is 4.68. The Morgan fingerprint density at radius 1 is 1.17 bits per heavy atom. The zero-order valence-corrected chi connectivity index (χ0v) is 13.2. The molecule has 0 aromatic heterocycles. The number of carbonyl (C=O) groups excluding carboxylic acids is 1. The maximum Gasteiger partial charge on any atom is 0.419 e. The molecule has 1 N–H and O–H groups in total. The molecule has 24 heavy (non-hydrogen) atoms. The van der Waals surface area contributed by atoms with Gasteiger partial charge in [0.25, 0.3) is 5.91 Å². The lowest BCUT2D eigenvalue weighted by Gasteiger charge is -2.14. The Morgan fingerprint density at radius 3 is 2.54 bits per heavy atom. The Hall–Kier alpha value is -2.41. The first-order valence-corrected chi connectivity index (χ1v) is 7.11. The molecule has 4 nitrogen and oxygen atoms in total. The molecule has 0 unspecified atom stereocenters. The van der Waals surface area contributed by atoms with E-state index in [0.717, 1.165) is 12.1 Å². The molecule has 128 valence electrons. The average Bonchev–Trinajstić information content (AvgIpc) is 2.52. The highest BCUT2D eigenvalue weighted by molar-refractivity contribution is 6.31. The summed E-state index contributed by atoms with van der Waals surface area (Å²) in [7, 11) is 1.41. The molecule has 0 heterocycles. The maximum absolute atomic E-state index is 12.9. The van der Waals surface area contributed by atoms with Crippen molar-refractivity contribution in [3.05, 3.63) is 53.1 Å². The van der Waals surface area contributed by atoms with Crippen molar-refractivity contribution < 1.29 is 27.4 Å². The van der Waals surface area contributed by atoms with Gasteiger partial charge in [-0.15, -0.1) is 0 Å². The summed E-state index contributed by atoms with van der Waals surface area (Å²) in [5.41, 5.74) is -0.652. The molecule has 2 rings (SSSR count). The van der Waals surface area contributed by atoms with Crippen molar-refractivity contribution in [3.8, 4) is 11.5 Å². The number of nitrogens with one attached hydrogen (secondary N) is 1. The fourth-order valence-corrected chi connectivity index (χ4v) is 2.11. The van der Waals surface area contributed by atoms with Gasteiger partial charge in [-0.2, -0.15) is 13.2 Å². The number of para-hydroxylation sites is 1. The van der Waals surface area contributed by atoms with E-state index in [1.165, 1.54) is 25.3 Å². The predicted octanol–water partition coefficient (Wildman–Crippen LogP) is 4.38. The van der Waals surface area contributed by atoms with Crippen molar-refractivity contribution >= 4 is 23.2 Å². The van der Waals surface area contributed by atoms with Gasteiger partial charge >= 0.3 is 6.18 Å². The number of rotatable bonds is 5. The third kappa shape index (κ3) is 4.55. The van der Waals surface area contributed by atoms with Crippen molar-refractivity contribution in [2.45, 2.75) is 6.18 Å². The summed E-state index contributed by atoms with van der Waals surface area (Å²) < 4.78 is 48.6. The Morgan fingerprint density at radius 2 is 1.88 bits per heavy atom. The molecular weight excluding hydrogens is 347 g/mol. The largest absolute Gasteiger partial charge is 0.495 e. The van der Waals surface area contributed by atoms with E-state index < -0.39 is 30.0 Å². The van der Waals surface area contributed by atoms with E-state index in [1.807, 2.05) is 0 Å². The van der Waals surface area contributed by atoms with E-state index in [2.05, 4.69) is 5.32 Å². The number of hydrogen-bond acceptors (Lipinski definition) is 3. The molecule has 0 spiro atoms. The highest BCUT2D eigenvalue weighted by Gasteiger charge is 2.34. The number of amides is 1. The van der Waals surface area contributed by atoms with Crippen LogP contribution in [0.25, 0.3) is 0 Å². The van der Waals surface area contributed by atoms with Crippen LogP contribution < -0.4 is 14.8 Å². The molecule has 0 saturated carbocycles. The SMILES string of the molecule is COc1ccc(Cl)cc1NC(=O)COc1ccccc1C(F)(F)F. The lowest BCUT2D eigenvalue weighted by atomic mass is 10.2. The maximum atomic E-state index is 12.9. The summed E-state index contributed by atoms with van der Waals surface area (Å²) in [6, 6.07) is 9.25. The third-order valence-electron chi connectivity index (χ3n) is 2.99. The van der Waals surface area contributed by atoms with Gasteiger partial charge in [-0.3, -0.25) is 4.79 Å². The highest BCUT2D eigenvalue weighted by atomic mass is 35.5. The zero-order valence-electron chi connectivity index (χ0n) is 12.5. The third-order valence-corrected chi connectivity index (χ3v) is 3.22. The molecule has 0 radical (unpaired) electrons. The van der Waals surface area contributed by atoms with Crippen LogP contribution in [0.15, 0.2) is 42.5 Å². The summed E-state index contributed by atoms with van der Waals surface area (Å²) in [4.78, 5) is 11.9. The van der Waals surface area contributed by atoms with Crippen LogP contribution in [0.3, 0.4) is 0 Å². The lowest BCUT2D eigenvalue weighted by Crippen LogP contribution is -2.21. The lowest BCUT2D eigenvalue weighted by molar-refractivity contribution is -0.139. The van der Waals surface area contributed by atoms with Crippen LogP contribution in [-0.2, 0) is 11.0 Å². The van der Waals surface area contributed by atoms with E-state index in [9.17, 15) is 18.0 Å². The predicted molar refractivity (Wildman–Crippen MR) is 83.6 cm³/mol. The van der Waals surface area contributed by atoms with Crippen molar-refractivity contribution in [2.24, 2.45) is 0 Å². The van der Waals surface area contributed by atoms with Crippen LogP contribution >= 0.6 is 11.6 Å². The minimum absolute atomic E-state index is 0.294. The van der Waals surface area contributed by atoms with E-state index in [-0.39, 0.29) is 0 Å². The van der Waals surface area contributed by atoms with Gasteiger partial charge in [0.15, 0.2) is 6.61 Å². The van der Waals surface area contributed by atoms with Crippen LogP contribution in [0.4, 0.5) is 18.9 Å². The molecule has 1 amide bonds. The van der Waals surface area contributed by atoms with Gasteiger partial charge in [0.2, 0.25) is 0 Å². The molecule has 0 aliphatic carbocycles. The molecule has 0 fully saturated rings. The summed E-state index contributed by atoms with van der Waals surface area (Å²) >= 11 is 5.84. The molecule has 2 aromatic carbocycles. The fourth-order valence-electron chi connectivity index (χ4n) is 1.93. The van der Waals surface area contributed by atoms with Crippen molar-refractivity contribution in [2.75, 3.05) is 19.0 Å². The molecule has 8 heteroatoms. The molecular formula is C16H13ClF3NO3. The number of methoxy groups -OCH3 is 1. The van der Waals surface area contributed by atoms with Gasteiger partial charge in [-0.25, -0.2) is 0 Å². The first-order valence-electron chi connectivity index (χ1n) is 6.73. The minimum atomic E-state index is -4.57. The Balaban J connectivity index is 2.06. The number of alkyl halides is 3. The number of benzene rings is 2. The van der Waals surface area contributed by atoms with Gasteiger partial charge in [0.05, 0.1) is 18.4 Å². The van der Waals surface area contributed by atoms with E-state index >= 15 is 0 Å². The number of carbonyl (C=O) groups is 1. The molecule has 0 saturated heterocycles. The summed E-state index contributed by atoms with van der Waals surface area (Å²) in [5.74, 6) is -0.700. The van der Waals surface area contributed by atoms with Crippen LogP contribution in [0.2, 0.25) is 5.02 Å². The Bertz CT molecular complexity index is 735. The normalized spacial score (nSPS) is 11.0. The highest BCUT2D eigenvalue weighted by Crippen LogP contribution is 2.36. The topological polar surface area (TPSA) is 47.6 Å². The molecule has 0 bridgehead atoms. The average molecular weight is 360 g/mol. The zero-order chi connectivity index (χ0) is 17.7. The van der Waals surface area contributed by atoms with Crippen LogP contribution in [0, 0.1) is 0 Å². The fraction of sp³-hybridized carbons (Fsp3) is 0.188. The number of hydrogen-bond donors (Lipinski definition) is 1. The molecule has 0 atom stereocenters. The van der Waals surface area contributed by atoms with Crippen molar-refractivity contribution in [1.29, 1.82) is 0 Å². The van der Waals surface area contributed by atoms with Crippen LogP contribution in [-0.4, -0.2) is 19.6 Å². The van der Waals surface area contributed by atoms with Gasteiger partial charge in [0.1, 0.15) is 11.5 Å². The van der Waals surface area contributed by atoms with Crippen LogP contribution in [0.5, 0.6) is 11.5 Å². The smallest absolute Gasteiger partial charge is 0.419 e. The summed E-state index contributed by atoms with van der Waals surface area (Å²) in [6.07, 6.45) is -4.57. The molecule has 2 aromatic rings. The number of halogens is 4. The number of ether oxygens (including phenoxy) is 2. The quantitative estimate of drug-likeness (QED) is 0.861. The summed E-state index contributed by atoms with van der Waals surface area (Å²) in [5, 5.41) is 2.85. The second-order valence-corrected chi connectivity index (χ2v) is 5.11. The number of anilines is 1. The molecule has 0 aliphatic heterocycles. The van der Waals surface area contributed by atoms with E-state index in [4.69, 9.17) is 21.1 Å². The summed E-state index contributed by atoms with van der Waals surface area (Å²) in [6.45, 7) is -0.594. The monoisotopic (exact) mass is 359 g/mol. The van der Waals surface area contributed by atoms with E-state index in [1.54, 1.807) is 12.1 Å². The van der Waals surface area contributed by atoms with Gasteiger partial charge in [-0.05, 0) is 30.3 Å². The second kappa shape index (κ2) is 7.44. The molecule has 0 aliphatic rings. The van der Waals surface area contributed by atoms with Gasteiger partial charge in [0, 0.05) is 5.02 Å². The van der Waals surface area contributed by atoms with E-state index in [0.29, 0.717) is 16.5 Å².